The maximum Gasteiger partial charge on any atom is 0.255 e. The summed E-state index contributed by atoms with van der Waals surface area (Å²) in [5.74, 6) is -0.181. The summed E-state index contributed by atoms with van der Waals surface area (Å²) in [6.45, 7) is 0.506. The van der Waals surface area contributed by atoms with Gasteiger partial charge in [0.2, 0.25) is 0 Å². The number of hydrogen-bond acceptors (Lipinski definition) is 3. The Morgan fingerprint density at radius 1 is 1.19 bits per heavy atom. The molecule has 4 nitrogen and oxygen atoms in total. The number of thiocarbonyl (C=S) groups is 1. The van der Waals surface area contributed by atoms with E-state index in [-0.39, 0.29) is 5.91 Å². The van der Waals surface area contributed by atoms with Crippen molar-refractivity contribution in [1.29, 1.82) is 0 Å². The zero-order valence-corrected chi connectivity index (χ0v) is 12.4. The van der Waals surface area contributed by atoms with Gasteiger partial charge in [0, 0.05) is 23.9 Å². The van der Waals surface area contributed by atoms with Crippen LogP contribution < -0.4 is 11.1 Å². The minimum absolute atomic E-state index is 0.181. The van der Waals surface area contributed by atoms with Crippen LogP contribution in [0.1, 0.15) is 21.5 Å². The van der Waals surface area contributed by atoms with E-state index in [1.807, 2.05) is 24.3 Å². The second-order valence-corrected chi connectivity index (χ2v) is 4.97. The number of hydrogen-bond donors (Lipinski definition) is 2. The van der Waals surface area contributed by atoms with Crippen LogP contribution in [0, 0.1) is 0 Å². The molecule has 2 rings (SSSR count). The zero-order chi connectivity index (χ0) is 15.2. The van der Waals surface area contributed by atoms with E-state index in [0.717, 1.165) is 16.8 Å². The van der Waals surface area contributed by atoms with Crippen LogP contribution >= 0.6 is 12.2 Å². The molecule has 2 aromatic rings. The Morgan fingerprint density at radius 3 is 2.48 bits per heavy atom. The van der Waals surface area contributed by atoms with Gasteiger partial charge in [-0.3, -0.25) is 4.79 Å². The van der Waals surface area contributed by atoms with Crippen LogP contribution in [-0.2, 0) is 11.3 Å². The molecule has 0 spiro atoms. The molecule has 5 heteroatoms. The molecular formula is C16H16N2O2S. The molecule has 3 N–H and O–H groups in total. The highest BCUT2D eigenvalue weighted by Crippen LogP contribution is 2.13. The summed E-state index contributed by atoms with van der Waals surface area (Å²) in [5, 5.41) is 2.85. The Balaban J connectivity index is 2.10. The SMILES string of the molecule is COCc1cccc(NC(=O)c2ccc(C(N)=S)cc2)c1. The van der Waals surface area contributed by atoms with Crippen molar-refractivity contribution < 1.29 is 9.53 Å². The summed E-state index contributed by atoms with van der Waals surface area (Å²) in [5.41, 5.74) is 8.54. The molecule has 2 aromatic carbocycles. The van der Waals surface area contributed by atoms with Crippen molar-refractivity contribution in [2.45, 2.75) is 6.61 Å². The molecule has 0 unspecified atom stereocenters. The third-order valence-corrected chi connectivity index (χ3v) is 3.16. The molecule has 108 valence electrons. The van der Waals surface area contributed by atoms with E-state index < -0.39 is 0 Å². The Hall–Kier alpha value is -2.24. The van der Waals surface area contributed by atoms with Gasteiger partial charge in [-0.2, -0.15) is 0 Å². The van der Waals surface area contributed by atoms with Crippen molar-refractivity contribution in [2.75, 3.05) is 12.4 Å². The minimum Gasteiger partial charge on any atom is -0.389 e. The summed E-state index contributed by atoms with van der Waals surface area (Å²) in [4.78, 5) is 12.5. The maximum absolute atomic E-state index is 12.2. The molecule has 0 heterocycles. The van der Waals surface area contributed by atoms with Crippen molar-refractivity contribution >= 4 is 28.8 Å². The largest absolute Gasteiger partial charge is 0.389 e. The van der Waals surface area contributed by atoms with Crippen molar-refractivity contribution in [3.05, 3.63) is 65.2 Å². The highest BCUT2D eigenvalue weighted by atomic mass is 32.1. The number of amides is 1. The fourth-order valence-corrected chi connectivity index (χ4v) is 2.03. The van der Waals surface area contributed by atoms with E-state index in [2.05, 4.69) is 5.32 Å². The van der Waals surface area contributed by atoms with Crippen LogP contribution in [-0.4, -0.2) is 18.0 Å². The first-order chi connectivity index (χ1) is 10.1. The van der Waals surface area contributed by atoms with E-state index in [0.29, 0.717) is 17.2 Å². The van der Waals surface area contributed by atoms with Crippen molar-refractivity contribution in [3.63, 3.8) is 0 Å². The van der Waals surface area contributed by atoms with E-state index in [1.54, 1.807) is 31.4 Å². The van der Waals surface area contributed by atoms with Crippen molar-refractivity contribution in [2.24, 2.45) is 5.73 Å². The minimum atomic E-state index is -0.181. The molecule has 0 saturated carbocycles. The lowest BCUT2D eigenvalue weighted by atomic mass is 10.1. The van der Waals surface area contributed by atoms with Gasteiger partial charge in [0.15, 0.2) is 0 Å². The molecule has 0 aliphatic carbocycles. The normalized spacial score (nSPS) is 10.1. The number of nitrogens with two attached hydrogens (primary N) is 1. The van der Waals surface area contributed by atoms with E-state index in [9.17, 15) is 4.79 Å². The maximum atomic E-state index is 12.2. The van der Waals surface area contributed by atoms with Gasteiger partial charge in [0.1, 0.15) is 4.99 Å². The van der Waals surface area contributed by atoms with Gasteiger partial charge >= 0.3 is 0 Å². The van der Waals surface area contributed by atoms with Crippen LogP contribution in [0.15, 0.2) is 48.5 Å². The predicted molar refractivity (Wildman–Crippen MR) is 87.4 cm³/mol. The number of nitrogens with one attached hydrogen (secondary N) is 1. The number of carbonyl (C=O) groups excluding carboxylic acids is 1. The summed E-state index contributed by atoms with van der Waals surface area (Å²) in [6, 6.07) is 14.4. The average Bonchev–Trinajstić information content (AvgIpc) is 2.48. The molecule has 0 bridgehead atoms. The molecule has 1 amide bonds. The standard InChI is InChI=1S/C16H16N2O2S/c1-20-10-11-3-2-4-14(9-11)18-16(19)13-7-5-12(6-8-13)15(17)21/h2-9H,10H2,1H3,(H2,17,21)(H,18,19). The number of methoxy groups -OCH3 is 1. The predicted octanol–water partition coefficient (Wildman–Crippen LogP) is 2.72. The topological polar surface area (TPSA) is 64.3 Å². The molecule has 0 aliphatic heterocycles. The summed E-state index contributed by atoms with van der Waals surface area (Å²) >= 11 is 4.88. The van der Waals surface area contributed by atoms with Gasteiger partial charge in [-0.05, 0) is 29.8 Å². The molecule has 21 heavy (non-hydrogen) atoms. The van der Waals surface area contributed by atoms with E-state index in [4.69, 9.17) is 22.7 Å². The number of anilines is 1. The number of carbonyl (C=O) groups is 1. The lowest BCUT2D eigenvalue weighted by Gasteiger charge is -2.08. The van der Waals surface area contributed by atoms with Crippen LogP contribution in [0.4, 0.5) is 5.69 Å². The van der Waals surface area contributed by atoms with Gasteiger partial charge < -0.3 is 15.8 Å². The molecule has 0 saturated heterocycles. The highest BCUT2D eigenvalue weighted by molar-refractivity contribution is 7.80. The molecule has 0 fully saturated rings. The fourth-order valence-electron chi connectivity index (χ4n) is 1.89. The third-order valence-electron chi connectivity index (χ3n) is 2.93. The van der Waals surface area contributed by atoms with Crippen LogP contribution in [0.25, 0.3) is 0 Å². The smallest absolute Gasteiger partial charge is 0.255 e. The third kappa shape index (κ3) is 4.11. The van der Waals surface area contributed by atoms with E-state index in [1.165, 1.54) is 0 Å². The van der Waals surface area contributed by atoms with Gasteiger partial charge in [-0.1, -0.05) is 36.5 Å². The van der Waals surface area contributed by atoms with Gasteiger partial charge in [0.05, 0.1) is 6.61 Å². The summed E-state index contributed by atoms with van der Waals surface area (Å²) in [6.07, 6.45) is 0. The Labute approximate surface area is 128 Å². The molecule has 0 atom stereocenters. The van der Waals surface area contributed by atoms with Crippen LogP contribution in [0.2, 0.25) is 0 Å². The first-order valence-electron chi connectivity index (χ1n) is 6.39. The molecular weight excluding hydrogens is 284 g/mol. The molecule has 0 aliphatic rings. The molecule has 0 radical (unpaired) electrons. The fraction of sp³-hybridized carbons (Fsp3) is 0.125. The van der Waals surface area contributed by atoms with Crippen molar-refractivity contribution in [3.8, 4) is 0 Å². The zero-order valence-electron chi connectivity index (χ0n) is 11.6. The number of benzene rings is 2. The van der Waals surface area contributed by atoms with Gasteiger partial charge in [-0.25, -0.2) is 0 Å². The number of rotatable bonds is 5. The summed E-state index contributed by atoms with van der Waals surface area (Å²) < 4.78 is 5.07. The number of ether oxygens (including phenoxy) is 1. The molecule has 0 aromatic heterocycles. The highest BCUT2D eigenvalue weighted by Gasteiger charge is 2.07. The van der Waals surface area contributed by atoms with Gasteiger partial charge in [-0.15, -0.1) is 0 Å². The Bertz CT molecular complexity index is 654. The first-order valence-corrected chi connectivity index (χ1v) is 6.80. The lowest BCUT2D eigenvalue weighted by Crippen LogP contribution is -2.13. The van der Waals surface area contributed by atoms with Crippen molar-refractivity contribution in [1.82, 2.24) is 0 Å². The average molecular weight is 300 g/mol. The van der Waals surface area contributed by atoms with Gasteiger partial charge in [0.25, 0.3) is 5.91 Å². The van der Waals surface area contributed by atoms with E-state index >= 15 is 0 Å². The second-order valence-electron chi connectivity index (χ2n) is 4.53. The summed E-state index contributed by atoms with van der Waals surface area (Å²) in [7, 11) is 1.63. The van der Waals surface area contributed by atoms with Crippen LogP contribution in [0.5, 0.6) is 0 Å². The first kappa shape index (κ1) is 15.2. The lowest BCUT2D eigenvalue weighted by molar-refractivity contribution is 0.102. The Kier molecular flexibility index (Phi) is 5.03. The van der Waals surface area contributed by atoms with Crippen LogP contribution in [0.3, 0.4) is 0 Å². The Morgan fingerprint density at radius 2 is 1.86 bits per heavy atom. The quantitative estimate of drug-likeness (QED) is 0.833. The monoisotopic (exact) mass is 300 g/mol. The second kappa shape index (κ2) is 6.97.